The van der Waals surface area contributed by atoms with Crippen molar-refractivity contribution in [2.24, 2.45) is 17.1 Å². The van der Waals surface area contributed by atoms with Crippen molar-refractivity contribution >= 4 is 11.9 Å². The third-order valence-electron chi connectivity index (χ3n) is 3.41. The number of nitrogens with zero attached hydrogens (tertiary/aromatic N) is 1. The zero-order valence-electron chi connectivity index (χ0n) is 12.9. The number of hydrogen-bond acceptors (Lipinski definition) is 4. The van der Waals surface area contributed by atoms with Crippen molar-refractivity contribution in [1.29, 1.82) is 0 Å². The van der Waals surface area contributed by atoms with E-state index in [0.717, 1.165) is 12.8 Å². The molecule has 5 heteroatoms. The number of nitrogens with two attached hydrogens (primary N) is 1. The lowest BCUT2D eigenvalue weighted by atomic mass is 9.84. The number of esters is 1. The molecule has 1 amide bonds. The van der Waals surface area contributed by atoms with Gasteiger partial charge in [0.05, 0.1) is 13.0 Å². The van der Waals surface area contributed by atoms with E-state index in [9.17, 15) is 9.59 Å². The highest BCUT2D eigenvalue weighted by molar-refractivity contribution is 5.77. The molecule has 0 spiro atoms. The molecular formula is C14H28N2O3. The summed E-state index contributed by atoms with van der Waals surface area (Å²) in [7, 11) is 3.08. The summed E-state index contributed by atoms with van der Waals surface area (Å²) in [4.78, 5) is 24.9. The average molecular weight is 272 g/mol. The van der Waals surface area contributed by atoms with Crippen LogP contribution in [0.4, 0.5) is 0 Å². The molecule has 0 rings (SSSR count). The first-order valence-electron chi connectivity index (χ1n) is 6.75. The molecule has 0 aliphatic carbocycles. The summed E-state index contributed by atoms with van der Waals surface area (Å²) in [5.41, 5.74) is 5.63. The normalized spacial score (nSPS) is 12.9. The van der Waals surface area contributed by atoms with Gasteiger partial charge < -0.3 is 15.4 Å². The smallest absolute Gasteiger partial charge is 0.310 e. The summed E-state index contributed by atoms with van der Waals surface area (Å²) >= 11 is 0. The van der Waals surface area contributed by atoms with E-state index >= 15 is 0 Å². The molecule has 2 N–H and O–H groups in total. The molecule has 1 atom stereocenters. The Balaban J connectivity index is 4.17. The number of rotatable bonds is 8. The highest BCUT2D eigenvalue weighted by Crippen LogP contribution is 2.26. The first kappa shape index (κ1) is 17.9. The maximum atomic E-state index is 12.0. The molecule has 0 bridgehead atoms. The maximum Gasteiger partial charge on any atom is 0.310 e. The number of carbonyl (C=O) groups is 2. The van der Waals surface area contributed by atoms with Crippen molar-refractivity contribution in [3.05, 3.63) is 0 Å². The van der Waals surface area contributed by atoms with E-state index < -0.39 is 0 Å². The molecule has 0 aromatic carbocycles. The lowest BCUT2D eigenvalue weighted by molar-refractivity contribution is -0.146. The Kier molecular flexibility index (Phi) is 7.68. The third-order valence-corrected chi connectivity index (χ3v) is 3.41. The predicted molar refractivity (Wildman–Crippen MR) is 75.5 cm³/mol. The molecule has 0 aliphatic rings. The first-order chi connectivity index (χ1) is 8.73. The zero-order valence-corrected chi connectivity index (χ0v) is 12.9. The zero-order chi connectivity index (χ0) is 15.1. The van der Waals surface area contributed by atoms with Crippen LogP contribution in [0.1, 0.15) is 40.0 Å². The topological polar surface area (TPSA) is 72.6 Å². The summed E-state index contributed by atoms with van der Waals surface area (Å²) in [5.74, 6) is -0.528. The minimum atomic E-state index is -0.295. The second-order valence-electron chi connectivity index (χ2n) is 5.90. The van der Waals surface area contributed by atoms with Crippen LogP contribution in [0.15, 0.2) is 0 Å². The van der Waals surface area contributed by atoms with Gasteiger partial charge >= 0.3 is 5.97 Å². The Morgan fingerprint density at radius 3 is 2.37 bits per heavy atom. The molecule has 0 fully saturated rings. The van der Waals surface area contributed by atoms with E-state index in [1.165, 1.54) is 7.11 Å². The van der Waals surface area contributed by atoms with E-state index in [2.05, 4.69) is 18.6 Å². The third kappa shape index (κ3) is 7.15. The largest absolute Gasteiger partial charge is 0.469 e. The molecule has 0 aromatic heterocycles. The van der Waals surface area contributed by atoms with Crippen LogP contribution < -0.4 is 5.73 Å². The van der Waals surface area contributed by atoms with Gasteiger partial charge in [-0.05, 0) is 24.8 Å². The summed E-state index contributed by atoms with van der Waals surface area (Å²) in [6.45, 7) is 7.02. The van der Waals surface area contributed by atoms with Gasteiger partial charge in [0, 0.05) is 20.0 Å². The standard InChI is InChI=1S/C14H28N2O3/c1-11(13(18)19-5)10-16(4)12(17)6-7-14(2,3)8-9-15/h11H,6-10,15H2,1-5H3. The molecule has 19 heavy (non-hydrogen) atoms. The fraction of sp³-hybridized carbons (Fsp3) is 0.857. The van der Waals surface area contributed by atoms with Gasteiger partial charge in [-0.3, -0.25) is 9.59 Å². The number of methoxy groups -OCH3 is 1. The van der Waals surface area contributed by atoms with Crippen molar-refractivity contribution in [2.45, 2.75) is 40.0 Å². The van der Waals surface area contributed by atoms with Crippen LogP contribution in [0.25, 0.3) is 0 Å². The minimum absolute atomic E-state index is 0.0563. The minimum Gasteiger partial charge on any atom is -0.469 e. The van der Waals surface area contributed by atoms with Crippen LogP contribution in [-0.2, 0) is 14.3 Å². The van der Waals surface area contributed by atoms with Crippen LogP contribution in [0.5, 0.6) is 0 Å². The lowest BCUT2D eigenvalue weighted by Crippen LogP contribution is -2.34. The van der Waals surface area contributed by atoms with Crippen molar-refractivity contribution in [2.75, 3.05) is 27.2 Å². The molecule has 0 saturated carbocycles. The van der Waals surface area contributed by atoms with Crippen LogP contribution in [0.3, 0.4) is 0 Å². The molecule has 5 nitrogen and oxygen atoms in total. The van der Waals surface area contributed by atoms with E-state index in [-0.39, 0.29) is 23.2 Å². The van der Waals surface area contributed by atoms with Gasteiger partial charge in [-0.2, -0.15) is 0 Å². The van der Waals surface area contributed by atoms with Gasteiger partial charge in [0.1, 0.15) is 0 Å². The summed E-state index contributed by atoms with van der Waals surface area (Å²) in [6, 6.07) is 0. The van der Waals surface area contributed by atoms with Gasteiger partial charge in [0.15, 0.2) is 0 Å². The Hall–Kier alpha value is -1.10. The quantitative estimate of drug-likeness (QED) is 0.678. The van der Waals surface area contributed by atoms with Crippen molar-refractivity contribution in [3.63, 3.8) is 0 Å². The predicted octanol–water partition coefficient (Wildman–Crippen LogP) is 1.41. The van der Waals surface area contributed by atoms with Gasteiger partial charge in [-0.25, -0.2) is 0 Å². The molecular weight excluding hydrogens is 244 g/mol. The van der Waals surface area contributed by atoms with E-state index in [1.807, 2.05) is 0 Å². The first-order valence-corrected chi connectivity index (χ1v) is 6.75. The Morgan fingerprint density at radius 1 is 1.32 bits per heavy atom. The molecule has 0 heterocycles. The fourth-order valence-corrected chi connectivity index (χ4v) is 1.94. The SMILES string of the molecule is COC(=O)C(C)CN(C)C(=O)CCC(C)(C)CCN. The Morgan fingerprint density at radius 2 is 1.89 bits per heavy atom. The van der Waals surface area contributed by atoms with Gasteiger partial charge in [-0.1, -0.05) is 20.8 Å². The van der Waals surface area contributed by atoms with Crippen molar-refractivity contribution in [3.8, 4) is 0 Å². The van der Waals surface area contributed by atoms with Crippen LogP contribution in [0, 0.1) is 11.3 Å². The summed E-state index contributed by atoms with van der Waals surface area (Å²) in [6.07, 6.45) is 2.19. The van der Waals surface area contributed by atoms with E-state index in [4.69, 9.17) is 5.73 Å². The molecule has 0 aliphatic heterocycles. The molecule has 0 saturated heterocycles. The number of carbonyl (C=O) groups excluding carboxylic acids is 2. The second kappa shape index (κ2) is 8.15. The number of amides is 1. The number of hydrogen-bond donors (Lipinski definition) is 1. The monoisotopic (exact) mass is 272 g/mol. The molecule has 1 unspecified atom stereocenters. The second-order valence-corrected chi connectivity index (χ2v) is 5.90. The van der Waals surface area contributed by atoms with Crippen LogP contribution in [0.2, 0.25) is 0 Å². The molecule has 0 radical (unpaired) electrons. The van der Waals surface area contributed by atoms with Crippen LogP contribution >= 0.6 is 0 Å². The Bertz CT molecular complexity index is 303. The summed E-state index contributed by atoms with van der Waals surface area (Å²) < 4.78 is 4.65. The summed E-state index contributed by atoms with van der Waals surface area (Å²) in [5, 5.41) is 0. The highest BCUT2D eigenvalue weighted by atomic mass is 16.5. The van der Waals surface area contributed by atoms with Crippen LogP contribution in [-0.4, -0.2) is 44.0 Å². The van der Waals surface area contributed by atoms with Gasteiger partial charge in [0.2, 0.25) is 5.91 Å². The van der Waals surface area contributed by atoms with E-state index in [1.54, 1.807) is 18.9 Å². The van der Waals surface area contributed by atoms with Gasteiger partial charge in [-0.15, -0.1) is 0 Å². The fourth-order valence-electron chi connectivity index (χ4n) is 1.94. The number of ether oxygens (including phenoxy) is 1. The Labute approximate surface area is 116 Å². The molecule has 0 aromatic rings. The highest BCUT2D eigenvalue weighted by Gasteiger charge is 2.22. The van der Waals surface area contributed by atoms with E-state index in [0.29, 0.717) is 19.5 Å². The maximum absolute atomic E-state index is 12.0. The van der Waals surface area contributed by atoms with Crippen molar-refractivity contribution < 1.29 is 14.3 Å². The lowest BCUT2D eigenvalue weighted by Gasteiger charge is -2.26. The van der Waals surface area contributed by atoms with Crippen molar-refractivity contribution in [1.82, 2.24) is 4.90 Å². The molecule has 112 valence electrons. The average Bonchev–Trinajstić information content (AvgIpc) is 2.34. The van der Waals surface area contributed by atoms with Gasteiger partial charge in [0.25, 0.3) is 0 Å².